The van der Waals surface area contributed by atoms with Crippen molar-refractivity contribution in [1.29, 1.82) is 0 Å². The van der Waals surface area contributed by atoms with Gasteiger partial charge in [0.05, 0.1) is 0 Å². The van der Waals surface area contributed by atoms with Gasteiger partial charge in [0, 0.05) is 16.5 Å². The van der Waals surface area contributed by atoms with Gasteiger partial charge in [0.15, 0.2) is 0 Å². The second-order valence-corrected chi connectivity index (χ2v) is 5.49. The number of rotatable bonds is 1. The van der Waals surface area contributed by atoms with Gasteiger partial charge in [-0.3, -0.25) is 0 Å². The van der Waals surface area contributed by atoms with Gasteiger partial charge in [-0.2, -0.15) is 0 Å². The molecule has 1 aliphatic carbocycles. The molecular weight excluding hydrogens is 206 g/mol. The van der Waals surface area contributed by atoms with Crippen molar-refractivity contribution >= 4 is 11.6 Å². The second kappa shape index (κ2) is 3.80. The van der Waals surface area contributed by atoms with Gasteiger partial charge in [0.1, 0.15) is 0 Å². The van der Waals surface area contributed by atoms with Crippen LogP contribution >= 0.6 is 11.6 Å². The Bertz CT molecular complexity index is 365. The molecule has 2 N–H and O–H groups in total. The number of hydrogen-bond donors (Lipinski definition) is 1. The minimum absolute atomic E-state index is 0.180. The first kappa shape index (κ1) is 11.0. The highest BCUT2D eigenvalue weighted by molar-refractivity contribution is 6.31. The molecule has 82 valence electrons. The molecule has 0 bridgehead atoms. The van der Waals surface area contributed by atoms with Crippen molar-refractivity contribution < 1.29 is 0 Å². The molecule has 0 amide bonds. The predicted molar refractivity (Wildman–Crippen MR) is 65.4 cm³/mol. The van der Waals surface area contributed by atoms with E-state index in [-0.39, 0.29) is 5.54 Å². The van der Waals surface area contributed by atoms with Crippen molar-refractivity contribution in [3.05, 3.63) is 34.3 Å². The van der Waals surface area contributed by atoms with E-state index < -0.39 is 0 Å². The van der Waals surface area contributed by atoms with Crippen molar-refractivity contribution in [2.24, 2.45) is 5.73 Å². The lowest BCUT2D eigenvalue weighted by Gasteiger charge is -2.36. The summed E-state index contributed by atoms with van der Waals surface area (Å²) in [6, 6.07) is 6.19. The monoisotopic (exact) mass is 223 g/mol. The molecule has 0 heterocycles. The van der Waals surface area contributed by atoms with Crippen LogP contribution in [-0.4, -0.2) is 5.54 Å². The lowest BCUT2D eigenvalue weighted by molar-refractivity contribution is 0.368. The minimum Gasteiger partial charge on any atom is -0.325 e. The average Bonchev–Trinajstić information content (AvgIpc) is 2.16. The van der Waals surface area contributed by atoms with Crippen LogP contribution in [0, 0.1) is 0 Å². The van der Waals surface area contributed by atoms with Crippen LogP contribution in [0.15, 0.2) is 18.2 Å². The van der Waals surface area contributed by atoms with E-state index in [0.29, 0.717) is 5.92 Å². The average molecular weight is 224 g/mol. The van der Waals surface area contributed by atoms with E-state index in [9.17, 15) is 0 Å². The van der Waals surface area contributed by atoms with E-state index in [2.05, 4.69) is 19.9 Å². The van der Waals surface area contributed by atoms with Crippen LogP contribution < -0.4 is 5.73 Å². The lowest BCUT2D eigenvalue weighted by atomic mass is 9.73. The summed E-state index contributed by atoms with van der Waals surface area (Å²) < 4.78 is 0. The molecule has 0 fully saturated rings. The summed E-state index contributed by atoms with van der Waals surface area (Å²) in [5.41, 5.74) is 8.73. The van der Waals surface area contributed by atoms with Gasteiger partial charge in [-0.25, -0.2) is 0 Å². The molecule has 2 rings (SSSR count). The van der Waals surface area contributed by atoms with Gasteiger partial charge in [0.25, 0.3) is 0 Å². The number of benzene rings is 1. The molecule has 1 atom stereocenters. The summed E-state index contributed by atoms with van der Waals surface area (Å²) in [5, 5.41) is 0.885. The smallest absolute Gasteiger partial charge is 0.0444 e. The van der Waals surface area contributed by atoms with Crippen molar-refractivity contribution in [3.63, 3.8) is 0 Å². The number of nitrogens with two attached hydrogens (primary N) is 1. The van der Waals surface area contributed by atoms with E-state index in [1.807, 2.05) is 12.1 Å². The third kappa shape index (κ3) is 2.04. The van der Waals surface area contributed by atoms with Crippen LogP contribution in [0.3, 0.4) is 0 Å². The predicted octanol–water partition coefficient (Wildman–Crippen LogP) is 3.50. The Kier molecular flexibility index (Phi) is 2.78. The fourth-order valence-electron chi connectivity index (χ4n) is 2.57. The third-order valence-corrected chi connectivity index (χ3v) is 3.66. The summed E-state index contributed by atoms with van der Waals surface area (Å²) in [5.74, 6) is 0.398. The first-order valence-electron chi connectivity index (χ1n) is 5.56. The Balaban J connectivity index is 2.50. The Morgan fingerprint density at radius 3 is 2.80 bits per heavy atom. The molecule has 0 saturated carbocycles. The van der Waals surface area contributed by atoms with Gasteiger partial charge in [0.2, 0.25) is 0 Å². The first-order valence-corrected chi connectivity index (χ1v) is 5.94. The van der Waals surface area contributed by atoms with Crippen LogP contribution in [0.4, 0.5) is 0 Å². The van der Waals surface area contributed by atoms with E-state index in [4.69, 9.17) is 17.3 Å². The highest BCUT2D eigenvalue weighted by Crippen LogP contribution is 2.41. The molecule has 0 aromatic heterocycles. The molecule has 1 unspecified atom stereocenters. The fraction of sp³-hybridized carbons (Fsp3) is 0.538. The van der Waals surface area contributed by atoms with E-state index >= 15 is 0 Å². The van der Waals surface area contributed by atoms with E-state index in [1.165, 1.54) is 17.5 Å². The Labute approximate surface area is 96.6 Å². The minimum atomic E-state index is -0.180. The number of aryl methyl sites for hydroxylation is 1. The molecule has 1 nitrogen and oxygen atoms in total. The first-order chi connectivity index (χ1) is 7.00. The van der Waals surface area contributed by atoms with Crippen molar-refractivity contribution in [1.82, 2.24) is 0 Å². The van der Waals surface area contributed by atoms with E-state index in [0.717, 1.165) is 17.9 Å². The van der Waals surface area contributed by atoms with Crippen molar-refractivity contribution in [2.45, 2.75) is 44.6 Å². The third-order valence-electron chi connectivity index (χ3n) is 3.33. The normalized spacial score (nSPS) is 21.2. The zero-order chi connectivity index (χ0) is 11.1. The largest absolute Gasteiger partial charge is 0.325 e. The van der Waals surface area contributed by atoms with Gasteiger partial charge >= 0.3 is 0 Å². The highest BCUT2D eigenvalue weighted by atomic mass is 35.5. The lowest BCUT2D eigenvalue weighted by Crippen LogP contribution is -2.40. The van der Waals surface area contributed by atoms with Gasteiger partial charge in [-0.05, 0) is 50.3 Å². The SMILES string of the molecule is CC(C)(N)C1CCCc2cccc(Cl)c21. The summed E-state index contributed by atoms with van der Waals surface area (Å²) >= 11 is 6.29. The quantitative estimate of drug-likeness (QED) is 0.775. The van der Waals surface area contributed by atoms with Crippen LogP contribution in [0.25, 0.3) is 0 Å². The fourth-order valence-corrected chi connectivity index (χ4v) is 2.90. The molecule has 1 aromatic rings. The summed E-state index contributed by atoms with van der Waals surface area (Å²) in [6.45, 7) is 4.19. The van der Waals surface area contributed by atoms with Crippen molar-refractivity contribution in [3.8, 4) is 0 Å². The Morgan fingerprint density at radius 2 is 2.13 bits per heavy atom. The maximum atomic E-state index is 6.29. The molecule has 0 spiro atoms. The zero-order valence-corrected chi connectivity index (χ0v) is 10.1. The Hall–Kier alpha value is -0.530. The molecular formula is C13H18ClN. The number of hydrogen-bond acceptors (Lipinski definition) is 1. The maximum Gasteiger partial charge on any atom is 0.0444 e. The van der Waals surface area contributed by atoms with Crippen LogP contribution in [0.5, 0.6) is 0 Å². The molecule has 1 aromatic carbocycles. The maximum absolute atomic E-state index is 6.29. The summed E-state index contributed by atoms with van der Waals surface area (Å²) in [4.78, 5) is 0. The topological polar surface area (TPSA) is 26.0 Å². The van der Waals surface area contributed by atoms with Gasteiger partial charge in [-0.15, -0.1) is 0 Å². The molecule has 2 heteroatoms. The van der Waals surface area contributed by atoms with Gasteiger partial charge < -0.3 is 5.73 Å². The molecule has 1 aliphatic rings. The summed E-state index contributed by atoms with van der Waals surface area (Å²) in [7, 11) is 0. The number of fused-ring (bicyclic) bond motifs is 1. The van der Waals surface area contributed by atoms with Crippen molar-refractivity contribution in [2.75, 3.05) is 0 Å². The van der Waals surface area contributed by atoms with Crippen LogP contribution in [0.2, 0.25) is 5.02 Å². The highest BCUT2D eigenvalue weighted by Gasteiger charge is 2.32. The molecule has 0 radical (unpaired) electrons. The molecule has 0 aliphatic heterocycles. The van der Waals surface area contributed by atoms with Gasteiger partial charge in [-0.1, -0.05) is 23.7 Å². The standard InChI is InChI=1S/C13H18ClN/c1-13(2,15)10-7-3-5-9-6-4-8-11(14)12(9)10/h4,6,8,10H,3,5,7,15H2,1-2H3. The van der Waals surface area contributed by atoms with Crippen LogP contribution in [0.1, 0.15) is 43.7 Å². The summed E-state index contributed by atoms with van der Waals surface area (Å²) in [6.07, 6.45) is 3.52. The molecule has 0 saturated heterocycles. The zero-order valence-electron chi connectivity index (χ0n) is 9.39. The Morgan fingerprint density at radius 1 is 1.40 bits per heavy atom. The molecule has 15 heavy (non-hydrogen) atoms. The number of halogens is 1. The van der Waals surface area contributed by atoms with Crippen LogP contribution in [-0.2, 0) is 6.42 Å². The van der Waals surface area contributed by atoms with E-state index in [1.54, 1.807) is 0 Å². The second-order valence-electron chi connectivity index (χ2n) is 5.08.